The molecule has 188 valence electrons. The van der Waals surface area contributed by atoms with Crippen LogP contribution in [0.2, 0.25) is 5.02 Å². The minimum Gasteiger partial charge on any atom is -0.491 e. The van der Waals surface area contributed by atoms with Gasteiger partial charge in [0.1, 0.15) is 23.6 Å². The van der Waals surface area contributed by atoms with Gasteiger partial charge in [0.15, 0.2) is 0 Å². The average Bonchev–Trinajstić information content (AvgIpc) is 3.15. The van der Waals surface area contributed by atoms with Crippen LogP contribution in [0.3, 0.4) is 0 Å². The second kappa shape index (κ2) is 10.6. The summed E-state index contributed by atoms with van der Waals surface area (Å²) in [5.74, 6) is 0.0656. The highest BCUT2D eigenvalue weighted by Gasteiger charge is 2.35. The van der Waals surface area contributed by atoms with Crippen molar-refractivity contribution in [2.24, 2.45) is 0 Å². The van der Waals surface area contributed by atoms with Crippen LogP contribution in [0.15, 0.2) is 66.7 Å². The summed E-state index contributed by atoms with van der Waals surface area (Å²) in [6, 6.07) is 20.4. The molecule has 0 saturated carbocycles. The number of halogens is 1. The number of hydrogen-bond acceptors (Lipinski definition) is 4. The van der Waals surface area contributed by atoms with Crippen molar-refractivity contribution in [3.8, 4) is 11.5 Å². The van der Waals surface area contributed by atoms with Crippen molar-refractivity contribution in [3.63, 3.8) is 0 Å². The lowest BCUT2D eigenvalue weighted by Gasteiger charge is -2.24. The molecule has 1 aliphatic heterocycles. The first-order valence-electron chi connectivity index (χ1n) is 11.9. The van der Waals surface area contributed by atoms with Crippen molar-refractivity contribution in [2.75, 3.05) is 6.54 Å². The molecule has 1 aliphatic rings. The van der Waals surface area contributed by atoms with Crippen molar-refractivity contribution in [1.82, 2.24) is 4.90 Å². The summed E-state index contributed by atoms with van der Waals surface area (Å²) in [6.45, 7) is 5.72. The second-order valence-electron chi connectivity index (χ2n) is 9.72. The van der Waals surface area contributed by atoms with Crippen LogP contribution < -0.4 is 9.47 Å². The van der Waals surface area contributed by atoms with E-state index in [2.05, 4.69) is 0 Å². The number of carboxylic acid groups (broad SMARTS) is 1. The van der Waals surface area contributed by atoms with Crippen LogP contribution in [-0.2, 0) is 24.2 Å². The van der Waals surface area contributed by atoms with Gasteiger partial charge in [-0.25, -0.2) is 0 Å². The molecule has 0 unspecified atom stereocenters. The number of aliphatic carboxylic acids is 1. The van der Waals surface area contributed by atoms with E-state index >= 15 is 0 Å². The Hall–Kier alpha value is -3.51. The molecular weight excluding hydrogens is 478 g/mol. The molecule has 3 aromatic carbocycles. The van der Waals surface area contributed by atoms with Gasteiger partial charge in [-0.2, -0.15) is 0 Å². The quantitative estimate of drug-likeness (QED) is 0.396. The molecule has 1 atom stereocenters. The van der Waals surface area contributed by atoms with E-state index in [-0.39, 0.29) is 18.6 Å². The van der Waals surface area contributed by atoms with Crippen LogP contribution in [0.1, 0.15) is 47.8 Å². The number of carbonyl (C=O) groups is 2. The van der Waals surface area contributed by atoms with E-state index in [9.17, 15) is 14.7 Å². The minimum atomic E-state index is -1.07. The SMILES string of the molecule is CC(C)Oc1ccc(CN(CC(=O)O)C(=O)c2ccc3c(c2)C[C@@](C)(Cc2ccc(Cl)cc2)O3)cc1. The van der Waals surface area contributed by atoms with Crippen LogP contribution in [0.4, 0.5) is 0 Å². The van der Waals surface area contributed by atoms with E-state index in [0.29, 0.717) is 23.4 Å². The summed E-state index contributed by atoms with van der Waals surface area (Å²) >= 11 is 6.01. The molecule has 1 amide bonds. The molecule has 0 fully saturated rings. The fourth-order valence-electron chi connectivity index (χ4n) is 4.50. The monoisotopic (exact) mass is 507 g/mol. The van der Waals surface area contributed by atoms with Gasteiger partial charge in [0.25, 0.3) is 5.91 Å². The zero-order valence-corrected chi connectivity index (χ0v) is 21.4. The predicted octanol–water partition coefficient (Wildman–Crippen LogP) is 5.79. The van der Waals surface area contributed by atoms with Gasteiger partial charge in [0.2, 0.25) is 0 Å². The molecule has 6 nitrogen and oxygen atoms in total. The molecule has 0 aliphatic carbocycles. The van der Waals surface area contributed by atoms with Gasteiger partial charge in [-0.15, -0.1) is 0 Å². The van der Waals surface area contributed by atoms with E-state index in [0.717, 1.165) is 28.2 Å². The van der Waals surface area contributed by atoms with Crippen molar-refractivity contribution < 1.29 is 24.2 Å². The Morgan fingerprint density at radius 2 is 1.72 bits per heavy atom. The number of nitrogens with zero attached hydrogens (tertiary/aromatic N) is 1. The number of hydrogen-bond donors (Lipinski definition) is 1. The zero-order chi connectivity index (χ0) is 25.9. The van der Waals surface area contributed by atoms with Crippen LogP contribution in [0.5, 0.6) is 11.5 Å². The fraction of sp³-hybridized carbons (Fsp3) is 0.310. The van der Waals surface area contributed by atoms with Crippen LogP contribution >= 0.6 is 11.6 Å². The van der Waals surface area contributed by atoms with E-state index < -0.39 is 18.1 Å². The van der Waals surface area contributed by atoms with E-state index in [1.54, 1.807) is 12.1 Å². The molecule has 7 heteroatoms. The highest BCUT2D eigenvalue weighted by atomic mass is 35.5. The number of benzene rings is 3. The normalized spacial score (nSPS) is 16.4. The third kappa shape index (κ3) is 6.38. The standard InChI is InChI=1S/C29H30ClNO5/c1-19(2)35-25-11-6-21(7-12-25)17-31(18-27(32)33)28(34)22-8-13-26-23(14-22)16-29(3,36-26)15-20-4-9-24(30)10-5-20/h4-14,19H,15-18H2,1-3H3,(H,32,33)/t29-/m1/s1. The maximum absolute atomic E-state index is 13.4. The summed E-state index contributed by atoms with van der Waals surface area (Å²) in [5, 5.41) is 10.1. The number of rotatable bonds is 9. The largest absolute Gasteiger partial charge is 0.491 e. The van der Waals surface area contributed by atoms with Crippen molar-refractivity contribution in [3.05, 3.63) is 94.0 Å². The van der Waals surface area contributed by atoms with E-state index in [4.69, 9.17) is 21.1 Å². The Morgan fingerprint density at radius 1 is 1.06 bits per heavy atom. The first-order valence-corrected chi connectivity index (χ1v) is 12.3. The number of amides is 1. The molecule has 3 aromatic rings. The molecule has 0 bridgehead atoms. The van der Waals surface area contributed by atoms with Crippen molar-refractivity contribution >= 4 is 23.5 Å². The maximum Gasteiger partial charge on any atom is 0.323 e. The maximum atomic E-state index is 13.4. The third-order valence-corrected chi connectivity index (χ3v) is 6.25. The van der Waals surface area contributed by atoms with Gasteiger partial charge in [-0.3, -0.25) is 9.59 Å². The molecule has 0 saturated heterocycles. The number of carboxylic acids is 1. The summed E-state index contributed by atoms with van der Waals surface area (Å²) in [5.41, 5.74) is 2.86. The smallest absolute Gasteiger partial charge is 0.323 e. The summed E-state index contributed by atoms with van der Waals surface area (Å²) < 4.78 is 11.9. The van der Waals surface area contributed by atoms with E-state index in [1.165, 1.54) is 4.90 Å². The van der Waals surface area contributed by atoms with Gasteiger partial charge < -0.3 is 19.5 Å². The molecule has 1 N–H and O–H groups in total. The zero-order valence-electron chi connectivity index (χ0n) is 20.7. The van der Waals surface area contributed by atoms with Gasteiger partial charge in [-0.1, -0.05) is 35.9 Å². The molecule has 4 rings (SSSR count). The van der Waals surface area contributed by atoms with Gasteiger partial charge in [0.05, 0.1) is 6.10 Å². The van der Waals surface area contributed by atoms with E-state index in [1.807, 2.05) is 75.4 Å². The van der Waals surface area contributed by atoms with Gasteiger partial charge in [-0.05, 0) is 79.9 Å². The molecule has 0 aromatic heterocycles. The molecular formula is C29H30ClNO5. The number of carbonyl (C=O) groups excluding carboxylic acids is 1. The summed E-state index contributed by atoms with van der Waals surface area (Å²) in [4.78, 5) is 26.2. The lowest BCUT2D eigenvalue weighted by atomic mass is 9.91. The Bertz CT molecular complexity index is 1240. The molecule has 0 spiro atoms. The lowest BCUT2D eigenvalue weighted by molar-refractivity contribution is -0.137. The Labute approximate surface area is 216 Å². The first-order chi connectivity index (χ1) is 17.1. The topological polar surface area (TPSA) is 76.1 Å². The molecule has 36 heavy (non-hydrogen) atoms. The summed E-state index contributed by atoms with van der Waals surface area (Å²) in [6.07, 6.45) is 1.39. The fourth-order valence-corrected chi connectivity index (χ4v) is 4.62. The first kappa shape index (κ1) is 25.6. The van der Waals surface area contributed by atoms with Gasteiger partial charge in [0, 0.05) is 30.0 Å². The van der Waals surface area contributed by atoms with Crippen molar-refractivity contribution in [2.45, 2.75) is 51.9 Å². The highest BCUT2D eigenvalue weighted by Crippen LogP contribution is 2.38. The average molecular weight is 508 g/mol. The third-order valence-electron chi connectivity index (χ3n) is 6.00. The molecule has 1 heterocycles. The van der Waals surface area contributed by atoms with Crippen molar-refractivity contribution in [1.29, 1.82) is 0 Å². The van der Waals surface area contributed by atoms with Crippen LogP contribution in [0.25, 0.3) is 0 Å². The van der Waals surface area contributed by atoms with Crippen LogP contribution in [-0.4, -0.2) is 40.1 Å². The number of fused-ring (bicyclic) bond motifs is 1. The Balaban J connectivity index is 1.49. The van der Waals surface area contributed by atoms with Crippen LogP contribution in [0, 0.1) is 0 Å². The summed E-state index contributed by atoms with van der Waals surface area (Å²) in [7, 11) is 0. The Kier molecular flexibility index (Phi) is 7.55. The molecule has 0 radical (unpaired) electrons. The number of ether oxygens (including phenoxy) is 2. The Morgan fingerprint density at radius 3 is 2.36 bits per heavy atom. The minimum absolute atomic E-state index is 0.0535. The second-order valence-corrected chi connectivity index (χ2v) is 10.2. The predicted molar refractivity (Wildman–Crippen MR) is 139 cm³/mol. The lowest BCUT2D eigenvalue weighted by Crippen LogP contribution is -2.35. The highest BCUT2D eigenvalue weighted by molar-refractivity contribution is 6.30. The van der Waals surface area contributed by atoms with Gasteiger partial charge >= 0.3 is 5.97 Å².